The van der Waals surface area contributed by atoms with Crippen molar-refractivity contribution in [2.24, 2.45) is 0 Å². The first-order valence-corrected chi connectivity index (χ1v) is 6.79. The summed E-state index contributed by atoms with van der Waals surface area (Å²) in [5.41, 5.74) is -0.206. The Kier molecular flexibility index (Phi) is 10.9. The maximum atomic E-state index is 11.7. The van der Waals surface area contributed by atoms with Crippen LogP contribution < -0.4 is 0 Å². The number of hydrogen-bond acceptors (Lipinski definition) is 7. The van der Waals surface area contributed by atoms with E-state index in [0.717, 1.165) is 0 Å². The highest BCUT2D eigenvalue weighted by molar-refractivity contribution is 6.14. The van der Waals surface area contributed by atoms with Crippen molar-refractivity contribution >= 4 is 11.9 Å². The number of nitrogens with zero attached hydrogens (tertiary/aromatic N) is 1. The second-order valence-corrected chi connectivity index (χ2v) is 3.85. The third-order valence-corrected chi connectivity index (χ3v) is 2.32. The van der Waals surface area contributed by atoms with Gasteiger partial charge in [0, 0.05) is 13.1 Å². The molecule has 0 saturated carbocycles. The van der Waals surface area contributed by atoms with Crippen LogP contribution in [-0.2, 0) is 19.1 Å². The van der Waals surface area contributed by atoms with Gasteiger partial charge in [-0.05, 0) is 32.2 Å². The van der Waals surface area contributed by atoms with E-state index in [9.17, 15) is 9.59 Å². The lowest BCUT2D eigenvalue weighted by Crippen LogP contribution is -2.24. The van der Waals surface area contributed by atoms with Crippen molar-refractivity contribution in [1.29, 1.82) is 0 Å². The first-order chi connectivity index (χ1) is 10.1. The molecule has 0 radical (unpaired) electrons. The number of esters is 2. The van der Waals surface area contributed by atoms with E-state index in [2.05, 4.69) is 0 Å². The molecule has 0 spiro atoms. The zero-order valence-electron chi connectivity index (χ0n) is 12.4. The molecule has 0 aliphatic carbocycles. The second-order valence-electron chi connectivity index (χ2n) is 3.85. The fourth-order valence-corrected chi connectivity index (χ4v) is 1.42. The van der Waals surface area contributed by atoms with Crippen LogP contribution in [0, 0.1) is 0 Å². The van der Waals surface area contributed by atoms with Crippen LogP contribution in [0.4, 0.5) is 0 Å². The molecule has 0 saturated heterocycles. The van der Waals surface area contributed by atoms with E-state index in [1.54, 1.807) is 24.9 Å². The van der Waals surface area contributed by atoms with Gasteiger partial charge in [0.1, 0.15) is 5.57 Å². The van der Waals surface area contributed by atoms with Crippen LogP contribution in [0.3, 0.4) is 0 Å². The Hall–Kier alpha value is -1.86. The highest BCUT2D eigenvalue weighted by atomic mass is 16.6. The van der Waals surface area contributed by atoms with Gasteiger partial charge in [0.25, 0.3) is 0 Å². The normalized spacial score (nSPS) is 10.3. The van der Waals surface area contributed by atoms with Gasteiger partial charge < -0.3 is 24.6 Å². The molecular formula is C14H23NO6. The first-order valence-electron chi connectivity index (χ1n) is 6.79. The molecule has 7 nitrogen and oxygen atoms in total. The predicted octanol–water partition coefficient (Wildman–Crippen LogP) is -0.161. The van der Waals surface area contributed by atoms with Gasteiger partial charge >= 0.3 is 11.9 Å². The minimum Gasteiger partial charge on any atom is -0.462 e. The molecule has 0 bridgehead atoms. The summed E-state index contributed by atoms with van der Waals surface area (Å²) < 4.78 is 9.58. The lowest BCUT2D eigenvalue weighted by Gasteiger charge is -2.17. The average molecular weight is 301 g/mol. The summed E-state index contributed by atoms with van der Waals surface area (Å²) in [4.78, 5) is 25.0. The molecular weight excluding hydrogens is 278 g/mol. The van der Waals surface area contributed by atoms with Gasteiger partial charge in [0.15, 0.2) is 0 Å². The third-order valence-electron chi connectivity index (χ3n) is 2.32. The highest BCUT2D eigenvalue weighted by Crippen LogP contribution is 2.03. The summed E-state index contributed by atoms with van der Waals surface area (Å²) in [5, 5.41) is 17.7. The van der Waals surface area contributed by atoms with E-state index in [1.165, 1.54) is 12.2 Å². The summed E-state index contributed by atoms with van der Waals surface area (Å²) in [7, 11) is 0. The second kappa shape index (κ2) is 11.9. The number of rotatable bonds is 10. The van der Waals surface area contributed by atoms with E-state index in [4.69, 9.17) is 19.7 Å². The Morgan fingerprint density at radius 1 is 1.00 bits per heavy atom. The topological polar surface area (TPSA) is 96.3 Å². The van der Waals surface area contributed by atoms with Crippen LogP contribution >= 0.6 is 0 Å². The van der Waals surface area contributed by atoms with Crippen LogP contribution in [0.15, 0.2) is 23.9 Å². The molecule has 0 amide bonds. The van der Waals surface area contributed by atoms with Crippen LogP contribution in [0.2, 0.25) is 0 Å². The fraction of sp³-hybridized carbons (Fsp3) is 0.571. The fourth-order valence-electron chi connectivity index (χ4n) is 1.42. The van der Waals surface area contributed by atoms with Gasteiger partial charge in [-0.2, -0.15) is 0 Å². The summed E-state index contributed by atoms with van der Waals surface area (Å²) in [6, 6.07) is 0. The van der Waals surface area contributed by atoms with Gasteiger partial charge in [-0.25, -0.2) is 9.59 Å². The molecule has 0 aromatic rings. The SMILES string of the molecule is CCOC(=O)C(=CC=CN(CCO)CCO)C(=O)OCC. The molecule has 0 rings (SSSR count). The quantitative estimate of drug-likeness (QED) is 0.190. The number of aliphatic hydroxyl groups excluding tert-OH is 2. The molecule has 0 heterocycles. The Morgan fingerprint density at radius 3 is 1.86 bits per heavy atom. The molecule has 0 aliphatic heterocycles. The summed E-state index contributed by atoms with van der Waals surface area (Å²) >= 11 is 0. The molecule has 21 heavy (non-hydrogen) atoms. The Bertz CT molecular complexity index is 352. The molecule has 0 atom stereocenters. The van der Waals surface area contributed by atoms with Crippen molar-refractivity contribution in [3.8, 4) is 0 Å². The Balaban J connectivity index is 4.95. The largest absolute Gasteiger partial charge is 0.462 e. The maximum absolute atomic E-state index is 11.7. The molecule has 120 valence electrons. The maximum Gasteiger partial charge on any atom is 0.345 e. The number of hydrogen-bond donors (Lipinski definition) is 2. The standard InChI is InChI=1S/C14H23NO6/c1-3-20-13(18)12(14(19)21-4-2)6-5-7-15(8-10-16)9-11-17/h5-7,16-17H,3-4,8-11H2,1-2H3. The van der Waals surface area contributed by atoms with Crippen molar-refractivity contribution in [2.75, 3.05) is 39.5 Å². The Labute approximate surface area is 124 Å². The van der Waals surface area contributed by atoms with Gasteiger partial charge in [0.2, 0.25) is 0 Å². The number of aliphatic hydroxyl groups is 2. The van der Waals surface area contributed by atoms with Crippen molar-refractivity contribution in [1.82, 2.24) is 4.90 Å². The van der Waals surface area contributed by atoms with Crippen molar-refractivity contribution < 1.29 is 29.3 Å². The molecule has 0 fully saturated rings. The van der Waals surface area contributed by atoms with Gasteiger partial charge in [0.05, 0.1) is 26.4 Å². The molecule has 0 aromatic carbocycles. The van der Waals surface area contributed by atoms with Crippen LogP contribution in [0.5, 0.6) is 0 Å². The smallest absolute Gasteiger partial charge is 0.345 e. The summed E-state index contributed by atoms with van der Waals surface area (Å²) in [5.74, 6) is -1.51. The highest BCUT2D eigenvalue weighted by Gasteiger charge is 2.19. The van der Waals surface area contributed by atoms with Crippen LogP contribution in [-0.4, -0.2) is 66.6 Å². The van der Waals surface area contributed by atoms with E-state index in [1.807, 2.05) is 0 Å². The van der Waals surface area contributed by atoms with Gasteiger partial charge in [-0.15, -0.1) is 0 Å². The van der Waals surface area contributed by atoms with Crippen molar-refractivity contribution in [2.45, 2.75) is 13.8 Å². The molecule has 0 aliphatic rings. The van der Waals surface area contributed by atoms with E-state index >= 15 is 0 Å². The monoisotopic (exact) mass is 301 g/mol. The first kappa shape index (κ1) is 19.1. The summed E-state index contributed by atoms with van der Waals surface area (Å²) in [6.45, 7) is 4.10. The lowest BCUT2D eigenvalue weighted by atomic mass is 10.2. The van der Waals surface area contributed by atoms with E-state index in [-0.39, 0.29) is 32.0 Å². The van der Waals surface area contributed by atoms with Crippen molar-refractivity contribution in [3.63, 3.8) is 0 Å². The molecule has 7 heteroatoms. The average Bonchev–Trinajstić information content (AvgIpc) is 2.44. The van der Waals surface area contributed by atoms with E-state index < -0.39 is 11.9 Å². The predicted molar refractivity (Wildman–Crippen MR) is 76.2 cm³/mol. The minimum absolute atomic E-state index is 0.0728. The minimum atomic E-state index is -0.753. The zero-order valence-corrected chi connectivity index (χ0v) is 12.4. The number of allylic oxidation sites excluding steroid dienone is 2. The third kappa shape index (κ3) is 8.11. The number of ether oxygens (including phenoxy) is 2. The van der Waals surface area contributed by atoms with Gasteiger partial charge in [-0.1, -0.05) is 0 Å². The van der Waals surface area contributed by atoms with E-state index in [0.29, 0.717) is 13.1 Å². The van der Waals surface area contributed by atoms with Crippen molar-refractivity contribution in [3.05, 3.63) is 23.9 Å². The van der Waals surface area contributed by atoms with Crippen LogP contribution in [0.1, 0.15) is 13.8 Å². The number of carbonyl (C=O) groups is 2. The number of carbonyl (C=O) groups excluding carboxylic acids is 2. The van der Waals surface area contributed by atoms with Crippen LogP contribution in [0.25, 0.3) is 0 Å². The molecule has 0 aromatic heterocycles. The van der Waals surface area contributed by atoms with Gasteiger partial charge in [-0.3, -0.25) is 0 Å². The lowest BCUT2D eigenvalue weighted by molar-refractivity contribution is -0.146. The summed E-state index contributed by atoms with van der Waals surface area (Å²) in [6.07, 6.45) is 4.32. The zero-order chi connectivity index (χ0) is 16.1. The molecule has 0 unspecified atom stereocenters. The Morgan fingerprint density at radius 2 is 1.48 bits per heavy atom. The molecule has 2 N–H and O–H groups in total.